The third kappa shape index (κ3) is 4.48. The molecule has 31 heavy (non-hydrogen) atoms. The minimum Gasteiger partial charge on any atom is -0.496 e. The van der Waals surface area contributed by atoms with E-state index in [0.717, 1.165) is 28.0 Å². The molecule has 0 amide bonds. The van der Waals surface area contributed by atoms with E-state index in [9.17, 15) is 4.39 Å². The van der Waals surface area contributed by atoms with Crippen LogP contribution >= 0.6 is 0 Å². The number of methoxy groups -OCH3 is 1. The lowest BCUT2D eigenvalue weighted by Crippen LogP contribution is -2.27. The summed E-state index contributed by atoms with van der Waals surface area (Å²) in [5, 5.41) is 6.89. The number of nitrogens with zero attached hydrogens (tertiary/aromatic N) is 2. The summed E-state index contributed by atoms with van der Waals surface area (Å²) in [5.41, 5.74) is 9.49. The number of aryl methyl sites for hydroxylation is 1. The highest BCUT2D eigenvalue weighted by molar-refractivity contribution is 5.76. The Morgan fingerprint density at radius 2 is 1.90 bits per heavy atom. The predicted molar refractivity (Wildman–Crippen MR) is 114 cm³/mol. The SMILES string of the molecule is COc1ccc(C2(c3cccc(-c4cncc(F)c4)c3)COC(N)=N2)cc1C.O=CO. The van der Waals surface area contributed by atoms with Crippen LogP contribution in [-0.4, -0.2) is 36.3 Å². The van der Waals surface area contributed by atoms with Crippen molar-refractivity contribution in [3.8, 4) is 16.9 Å². The minimum absolute atomic E-state index is 0.145. The van der Waals surface area contributed by atoms with E-state index in [-0.39, 0.29) is 24.9 Å². The number of carbonyl (C=O) groups is 1. The van der Waals surface area contributed by atoms with Gasteiger partial charge in [0.25, 0.3) is 12.5 Å². The van der Waals surface area contributed by atoms with Crippen LogP contribution in [-0.2, 0) is 15.1 Å². The smallest absolute Gasteiger partial charge is 0.290 e. The lowest BCUT2D eigenvalue weighted by Gasteiger charge is -2.26. The average Bonchev–Trinajstić information content (AvgIpc) is 3.17. The van der Waals surface area contributed by atoms with Gasteiger partial charge in [-0.1, -0.05) is 24.3 Å². The molecule has 0 radical (unpaired) electrons. The molecule has 0 fully saturated rings. The van der Waals surface area contributed by atoms with E-state index in [1.54, 1.807) is 13.3 Å². The van der Waals surface area contributed by atoms with Crippen LogP contribution in [0, 0.1) is 12.7 Å². The third-order valence-corrected chi connectivity index (χ3v) is 4.98. The quantitative estimate of drug-likeness (QED) is 0.622. The zero-order chi connectivity index (χ0) is 22.4. The first kappa shape index (κ1) is 21.8. The first-order chi connectivity index (χ1) is 14.9. The summed E-state index contributed by atoms with van der Waals surface area (Å²) in [6, 6.07) is 15.3. The van der Waals surface area contributed by atoms with Gasteiger partial charge in [0.1, 0.15) is 18.2 Å². The van der Waals surface area contributed by atoms with Crippen molar-refractivity contribution >= 4 is 12.5 Å². The number of aromatic nitrogens is 1. The Morgan fingerprint density at radius 1 is 1.16 bits per heavy atom. The Morgan fingerprint density at radius 3 is 2.52 bits per heavy atom. The maximum absolute atomic E-state index is 13.6. The van der Waals surface area contributed by atoms with Crippen LogP contribution in [0.2, 0.25) is 0 Å². The number of pyridine rings is 1. The van der Waals surface area contributed by atoms with E-state index in [0.29, 0.717) is 5.56 Å². The van der Waals surface area contributed by atoms with Crippen LogP contribution < -0.4 is 10.5 Å². The van der Waals surface area contributed by atoms with E-state index in [4.69, 9.17) is 25.1 Å². The molecule has 1 aromatic heterocycles. The van der Waals surface area contributed by atoms with Crippen molar-refractivity contribution in [1.82, 2.24) is 4.98 Å². The van der Waals surface area contributed by atoms with Crippen molar-refractivity contribution in [2.45, 2.75) is 12.5 Å². The summed E-state index contributed by atoms with van der Waals surface area (Å²) in [5.74, 6) is 0.421. The number of amidine groups is 1. The molecule has 1 atom stereocenters. The van der Waals surface area contributed by atoms with Crippen molar-refractivity contribution in [3.63, 3.8) is 0 Å². The van der Waals surface area contributed by atoms with E-state index < -0.39 is 5.54 Å². The molecule has 160 valence electrons. The summed E-state index contributed by atoms with van der Waals surface area (Å²) < 4.78 is 24.6. The molecule has 2 heterocycles. The van der Waals surface area contributed by atoms with Crippen LogP contribution in [0.5, 0.6) is 5.75 Å². The van der Waals surface area contributed by atoms with Crippen molar-refractivity contribution < 1.29 is 23.8 Å². The fourth-order valence-electron chi connectivity index (χ4n) is 3.55. The number of hydrogen-bond acceptors (Lipinski definition) is 6. The van der Waals surface area contributed by atoms with Gasteiger partial charge in [-0.15, -0.1) is 0 Å². The Hall–Kier alpha value is -3.94. The largest absolute Gasteiger partial charge is 0.496 e. The van der Waals surface area contributed by atoms with Crippen LogP contribution in [0.4, 0.5) is 4.39 Å². The van der Waals surface area contributed by atoms with Gasteiger partial charge in [-0.3, -0.25) is 9.78 Å². The predicted octanol–water partition coefficient (Wildman–Crippen LogP) is 3.49. The molecule has 3 N–H and O–H groups in total. The Labute approximate surface area is 179 Å². The summed E-state index contributed by atoms with van der Waals surface area (Å²) in [7, 11) is 1.64. The van der Waals surface area contributed by atoms with E-state index >= 15 is 0 Å². The number of carboxylic acid groups (broad SMARTS) is 1. The van der Waals surface area contributed by atoms with Gasteiger partial charge in [-0.25, -0.2) is 9.38 Å². The number of benzene rings is 2. The Balaban J connectivity index is 0.000000858. The van der Waals surface area contributed by atoms with Crippen molar-refractivity contribution in [3.05, 3.63) is 83.4 Å². The van der Waals surface area contributed by atoms with Gasteiger partial charge in [0.2, 0.25) is 0 Å². The molecule has 0 saturated heterocycles. The molecule has 7 nitrogen and oxygen atoms in total. The van der Waals surface area contributed by atoms with E-state index in [2.05, 4.69) is 9.98 Å². The Kier molecular flexibility index (Phi) is 6.49. The molecule has 1 aliphatic heterocycles. The highest BCUT2D eigenvalue weighted by Gasteiger charge is 2.40. The van der Waals surface area contributed by atoms with Crippen molar-refractivity contribution in [1.29, 1.82) is 0 Å². The highest BCUT2D eigenvalue weighted by Crippen LogP contribution is 2.40. The fraction of sp³-hybridized carbons (Fsp3) is 0.174. The molecule has 0 bridgehead atoms. The van der Waals surface area contributed by atoms with Gasteiger partial charge in [-0.05, 0) is 53.4 Å². The number of aliphatic imine (C=N–C) groups is 1. The van der Waals surface area contributed by atoms with Gasteiger partial charge in [0, 0.05) is 11.8 Å². The zero-order valence-corrected chi connectivity index (χ0v) is 17.1. The normalized spacial score (nSPS) is 17.1. The molecule has 0 spiro atoms. The zero-order valence-electron chi connectivity index (χ0n) is 17.1. The van der Waals surface area contributed by atoms with E-state index in [1.165, 1.54) is 12.3 Å². The molecular weight excluding hydrogens is 401 g/mol. The van der Waals surface area contributed by atoms with E-state index in [1.807, 2.05) is 49.4 Å². The lowest BCUT2D eigenvalue weighted by molar-refractivity contribution is -0.122. The lowest BCUT2D eigenvalue weighted by atomic mass is 9.82. The van der Waals surface area contributed by atoms with Gasteiger partial charge < -0.3 is 20.3 Å². The minimum atomic E-state index is -0.780. The number of rotatable bonds is 4. The molecule has 0 saturated carbocycles. The van der Waals surface area contributed by atoms with Crippen LogP contribution in [0.25, 0.3) is 11.1 Å². The molecule has 2 aromatic carbocycles. The molecule has 1 aliphatic rings. The number of halogens is 1. The van der Waals surface area contributed by atoms with Crippen LogP contribution in [0.1, 0.15) is 16.7 Å². The van der Waals surface area contributed by atoms with Gasteiger partial charge >= 0.3 is 0 Å². The summed E-state index contributed by atoms with van der Waals surface area (Å²) >= 11 is 0. The second-order valence-electron chi connectivity index (χ2n) is 6.86. The summed E-state index contributed by atoms with van der Waals surface area (Å²) in [6.07, 6.45) is 2.82. The first-order valence-corrected chi connectivity index (χ1v) is 9.36. The molecule has 4 rings (SSSR count). The standard InChI is InChI=1S/C22H20FN3O2.CH2O2/c1-14-8-18(6-7-20(14)27-2)22(13-28-21(24)26-22)17-5-3-4-15(9-17)16-10-19(23)12-25-11-16;2-1-3/h3-12H,13H2,1-2H3,(H2,24,26);1H,(H,2,3). The first-order valence-electron chi connectivity index (χ1n) is 9.36. The maximum atomic E-state index is 13.6. The van der Waals surface area contributed by atoms with Crippen LogP contribution in [0.15, 0.2) is 65.9 Å². The molecule has 3 aromatic rings. The molecular formula is C23H22FN3O4. The monoisotopic (exact) mass is 423 g/mol. The molecule has 0 aliphatic carbocycles. The Bertz CT molecular complexity index is 1120. The van der Waals surface area contributed by atoms with Gasteiger partial charge in [-0.2, -0.15) is 0 Å². The van der Waals surface area contributed by atoms with Crippen molar-refractivity contribution in [2.24, 2.45) is 10.7 Å². The topological polar surface area (TPSA) is 107 Å². The fourth-order valence-corrected chi connectivity index (χ4v) is 3.55. The van der Waals surface area contributed by atoms with Crippen molar-refractivity contribution in [2.75, 3.05) is 13.7 Å². The number of nitrogens with two attached hydrogens (primary N) is 1. The number of hydrogen-bond donors (Lipinski definition) is 2. The van der Waals surface area contributed by atoms with Gasteiger partial charge in [0.15, 0.2) is 5.54 Å². The van der Waals surface area contributed by atoms with Crippen LogP contribution in [0.3, 0.4) is 0 Å². The molecule has 8 heteroatoms. The summed E-state index contributed by atoms with van der Waals surface area (Å²) in [4.78, 5) is 17.0. The number of ether oxygens (including phenoxy) is 2. The third-order valence-electron chi connectivity index (χ3n) is 4.98. The average molecular weight is 423 g/mol. The highest BCUT2D eigenvalue weighted by atomic mass is 19.1. The second-order valence-corrected chi connectivity index (χ2v) is 6.86. The summed E-state index contributed by atoms with van der Waals surface area (Å²) in [6.45, 7) is 2.02. The molecule has 1 unspecified atom stereocenters. The second kappa shape index (κ2) is 9.25. The maximum Gasteiger partial charge on any atom is 0.290 e. The van der Waals surface area contributed by atoms with Gasteiger partial charge in [0.05, 0.1) is 13.3 Å².